The molecule has 3 N–H and O–H groups in total. The van der Waals surface area contributed by atoms with Crippen LogP contribution in [0.3, 0.4) is 0 Å². The second-order valence-corrected chi connectivity index (χ2v) is 7.05. The minimum Gasteiger partial charge on any atom is -0.342 e. The number of carbonyl (C=O) groups is 3. The maximum Gasteiger partial charge on any atom is 0.328 e. The molecule has 10 heteroatoms. The van der Waals surface area contributed by atoms with Crippen LogP contribution in [0.15, 0.2) is 33.9 Å². The molecule has 2 aliphatic rings. The van der Waals surface area contributed by atoms with Crippen molar-refractivity contribution in [2.75, 3.05) is 13.1 Å². The summed E-state index contributed by atoms with van der Waals surface area (Å²) in [5, 5.41) is 5.28. The molecule has 0 aliphatic carbocycles. The number of aryl methyl sites for hydroxylation is 1. The lowest BCUT2D eigenvalue weighted by Gasteiger charge is -2.37. The maximum absolute atomic E-state index is 12.6. The predicted octanol–water partition coefficient (Wildman–Crippen LogP) is -0.719. The van der Waals surface area contributed by atoms with E-state index in [-0.39, 0.29) is 24.8 Å². The summed E-state index contributed by atoms with van der Waals surface area (Å²) in [5.74, 6) is -0.502. The second kappa shape index (κ2) is 6.63. The SMILES string of the molecule is O=C1NC(=O)C2(CCN(C(=O)CCn3c(=O)[nH]c(=O)c4ccccc43)CC2)N1. The largest absolute Gasteiger partial charge is 0.342 e. The van der Waals surface area contributed by atoms with E-state index in [4.69, 9.17) is 0 Å². The molecule has 4 rings (SSSR count). The van der Waals surface area contributed by atoms with E-state index in [1.165, 1.54) is 4.57 Å². The molecule has 0 saturated carbocycles. The number of likely N-dealkylation sites (tertiary alicyclic amines) is 1. The van der Waals surface area contributed by atoms with Gasteiger partial charge >= 0.3 is 11.7 Å². The number of hydrogen-bond acceptors (Lipinski definition) is 5. The van der Waals surface area contributed by atoms with E-state index >= 15 is 0 Å². The zero-order valence-corrected chi connectivity index (χ0v) is 15.0. The highest BCUT2D eigenvalue weighted by Gasteiger charge is 2.48. The number of urea groups is 1. The molecule has 3 heterocycles. The summed E-state index contributed by atoms with van der Waals surface area (Å²) in [7, 11) is 0. The number of amides is 4. The van der Waals surface area contributed by atoms with Crippen molar-refractivity contribution in [1.82, 2.24) is 25.1 Å². The van der Waals surface area contributed by atoms with Crippen molar-refractivity contribution in [2.45, 2.75) is 31.3 Å². The number of hydrogen-bond donors (Lipinski definition) is 3. The van der Waals surface area contributed by atoms with Gasteiger partial charge < -0.3 is 10.2 Å². The molecule has 1 aromatic carbocycles. The van der Waals surface area contributed by atoms with E-state index in [2.05, 4.69) is 15.6 Å². The van der Waals surface area contributed by atoms with Gasteiger partial charge in [0.1, 0.15) is 5.54 Å². The van der Waals surface area contributed by atoms with E-state index in [0.29, 0.717) is 36.8 Å². The third-order valence-electron chi connectivity index (χ3n) is 5.44. The Labute approximate surface area is 158 Å². The predicted molar refractivity (Wildman–Crippen MR) is 98.7 cm³/mol. The molecule has 0 radical (unpaired) electrons. The maximum atomic E-state index is 12.6. The van der Waals surface area contributed by atoms with Gasteiger partial charge in [-0.15, -0.1) is 0 Å². The smallest absolute Gasteiger partial charge is 0.328 e. The van der Waals surface area contributed by atoms with Crippen LogP contribution in [0.4, 0.5) is 4.79 Å². The van der Waals surface area contributed by atoms with Gasteiger partial charge in [-0.3, -0.25) is 29.3 Å². The Morgan fingerprint density at radius 1 is 1.07 bits per heavy atom. The van der Waals surface area contributed by atoms with Crippen molar-refractivity contribution in [2.24, 2.45) is 0 Å². The molecule has 2 fully saturated rings. The van der Waals surface area contributed by atoms with Gasteiger partial charge in [-0.1, -0.05) is 12.1 Å². The summed E-state index contributed by atoms with van der Waals surface area (Å²) in [6, 6.07) is 6.22. The Bertz CT molecular complexity index is 1090. The van der Waals surface area contributed by atoms with Crippen LogP contribution in [0.2, 0.25) is 0 Å². The molecule has 0 bridgehead atoms. The number of para-hydroxylation sites is 1. The number of fused-ring (bicyclic) bond motifs is 1. The van der Waals surface area contributed by atoms with Gasteiger partial charge in [-0.05, 0) is 25.0 Å². The van der Waals surface area contributed by atoms with Crippen LogP contribution < -0.4 is 21.9 Å². The normalized spacial score (nSPS) is 18.4. The summed E-state index contributed by atoms with van der Waals surface area (Å²) in [6.07, 6.45) is 0.775. The summed E-state index contributed by atoms with van der Waals surface area (Å²) < 4.78 is 1.38. The molecule has 2 aliphatic heterocycles. The van der Waals surface area contributed by atoms with Crippen LogP contribution in [0.25, 0.3) is 10.9 Å². The first kappa shape index (κ1) is 18.0. The van der Waals surface area contributed by atoms with E-state index < -0.39 is 22.8 Å². The second-order valence-electron chi connectivity index (χ2n) is 7.05. The number of H-pyrrole nitrogens is 1. The van der Waals surface area contributed by atoms with Crippen molar-refractivity contribution in [3.8, 4) is 0 Å². The average Bonchev–Trinajstić information content (AvgIpc) is 2.94. The summed E-state index contributed by atoms with van der Waals surface area (Å²) in [4.78, 5) is 63.9. The van der Waals surface area contributed by atoms with Crippen molar-refractivity contribution < 1.29 is 14.4 Å². The molecular formula is C18H19N5O5. The molecule has 1 aromatic heterocycles. The zero-order chi connectivity index (χ0) is 19.9. The average molecular weight is 385 g/mol. The van der Waals surface area contributed by atoms with E-state index in [1.54, 1.807) is 29.2 Å². The number of imide groups is 1. The molecule has 2 aromatic rings. The van der Waals surface area contributed by atoms with Crippen LogP contribution in [0.1, 0.15) is 19.3 Å². The number of nitrogens with zero attached hydrogens (tertiary/aromatic N) is 2. The summed E-state index contributed by atoms with van der Waals surface area (Å²) in [6.45, 7) is 0.815. The Kier molecular flexibility index (Phi) is 4.25. The Balaban J connectivity index is 1.44. The van der Waals surface area contributed by atoms with Gasteiger partial charge in [0.15, 0.2) is 0 Å². The number of piperidine rings is 1. The lowest BCUT2D eigenvalue weighted by Crippen LogP contribution is -2.55. The quantitative estimate of drug-likeness (QED) is 0.600. The molecule has 10 nitrogen and oxygen atoms in total. The standard InChI is InChI=1S/C18H19N5O5/c24-13(22-9-6-18(7-10-22)15(26)20-16(27)21-18)5-8-23-12-4-2-1-3-11(12)14(25)19-17(23)28/h1-4H,5-10H2,(H,19,25,28)(H2,20,21,26,27). The highest BCUT2D eigenvalue weighted by molar-refractivity contribution is 6.07. The summed E-state index contributed by atoms with van der Waals surface area (Å²) >= 11 is 0. The van der Waals surface area contributed by atoms with Crippen LogP contribution in [0.5, 0.6) is 0 Å². The third-order valence-corrected chi connectivity index (χ3v) is 5.44. The number of aromatic amines is 1. The number of carbonyl (C=O) groups excluding carboxylic acids is 3. The van der Waals surface area contributed by atoms with E-state index in [1.807, 2.05) is 0 Å². The lowest BCUT2D eigenvalue weighted by atomic mass is 9.87. The van der Waals surface area contributed by atoms with Crippen LogP contribution >= 0.6 is 0 Å². The number of rotatable bonds is 3. The number of benzene rings is 1. The molecule has 1 spiro atoms. The van der Waals surface area contributed by atoms with Gasteiger partial charge in [0, 0.05) is 26.1 Å². The minimum absolute atomic E-state index is 0.0848. The van der Waals surface area contributed by atoms with Gasteiger partial charge in [-0.2, -0.15) is 0 Å². The topological polar surface area (TPSA) is 133 Å². The first-order chi connectivity index (χ1) is 13.4. The van der Waals surface area contributed by atoms with E-state index in [0.717, 1.165) is 0 Å². The van der Waals surface area contributed by atoms with Gasteiger partial charge in [0.2, 0.25) is 5.91 Å². The first-order valence-corrected chi connectivity index (χ1v) is 9.03. The zero-order valence-electron chi connectivity index (χ0n) is 15.0. The molecule has 2 saturated heterocycles. The van der Waals surface area contributed by atoms with Crippen LogP contribution in [0, 0.1) is 0 Å². The van der Waals surface area contributed by atoms with Crippen LogP contribution in [-0.4, -0.2) is 50.9 Å². The Morgan fingerprint density at radius 3 is 2.46 bits per heavy atom. The fraction of sp³-hybridized carbons (Fsp3) is 0.389. The van der Waals surface area contributed by atoms with Crippen LogP contribution in [-0.2, 0) is 16.1 Å². The molecule has 28 heavy (non-hydrogen) atoms. The minimum atomic E-state index is -0.931. The van der Waals surface area contributed by atoms with E-state index in [9.17, 15) is 24.0 Å². The summed E-state index contributed by atoms with van der Waals surface area (Å²) in [5.41, 5.74) is -1.47. The van der Waals surface area contributed by atoms with Crippen molar-refractivity contribution in [3.63, 3.8) is 0 Å². The van der Waals surface area contributed by atoms with Gasteiger partial charge in [0.05, 0.1) is 10.9 Å². The van der Waals surface area contributed by atoms with Crippen molar-refractivity contribution in [3.05, 3.63) is 45.1 Å². The highest BCUT2D eigenvalue weighted by Crippen LogP contribution is 2.25. The lowest BCUT2D eigenvalue weighted by molar-refractivity contribution is -0.136. The highest BCUT2D eigenvalue weighted by atomic mass is 16.2. The Morgan fingerprint density at radius 2 is 1.79 bits per heavy atom. The monoisotopic (exact) mass is 385 g/mol. The van der Waals surface area contributed by atoms with Crippen molar-refractivity contribution in [1.29, 1.82) is 0 Å². The molecule has 0 atom stereocenters. The molecule has 4 amide bonds. The van der Waals surface area contributed by atoms with Gasteiger partial charge in [-0.25, -0.2) is 9.59 Å². The fourth-order valence-corrected chi connectivity index (χ4v) is 3.85. The molecule has 146 valence electrons. The molecular weight excluding hydrogens is 366 g/mol. The number of aromatic nitrogens is 2. The van der Waals surface area contributed by atoms with Gasteiger partial charge in [0.25, 0.3) is 11.5 Å². The third kappa shape index (κ3) is 2.96. The fourth-order valence-electron chi connectivity index (χ4n) is 3.85. The number of nitrogens with one attached hydrogen (secondary N) is 3. The molecule has 0 unspecified atom stereocenters. The first-order valence-electron chi connectivity index (χ1n) is 9.03. The van der Waals surface area contributed by atoms with Crippen molar-refractivity contribution >= 4 is 28.7 Å². The Hall–Kier alpha value is -3.43.